The van der Waals surface area contributed by atoms with Crippen molar-refractivity contribution in [3.05, 3.63) is 40.3 Å². The zero-order chi connectivity index (χ0) is 15.3. The summed E-state index contributed by atoms with van der Waals surface area (Å²) in [6.07, 6.45) is 2.57. The number of thiazole rings is 1. The predicted octanol–water partition coefficient (Wildman–Crippen LogP) is 2.75. The van der Waals surface area contributed by atoms with Crippen LogP contribution in [0.3, 0.4) is 0 Å². The molecule has 1 heterocycles. The molecule has 21 heavy (non-hydrogen) atoms. The number of rotatable bonds is 7. The number of para-hydroxylation sites is 1. The number of aryl methyl sites for hydroxylation is 1. The van der Waals surface area contributed by atoms with Crippen molar-refractivity contribution >= 4 is 27.0 Å². The van der Waals surface area contributed by atoms with Crippen LogP contribution in [-0.4, -0.2) is 19.9 Å². The number of hydrogen-bond donors (Lipinski definition) is 2. The first-order valence-electron chi connectivity index (χ1n) is 6.77. The molecule has 0 fully saturated rings. The summed E-state index contributed by atoms with van der Waals surface area (Å²) in [5.41, 5.74) is 0.592. The monoisotopic (exact) mass is 325 g/mol. The van der Waals surface area contributed by atoms with E-state index in [1.54, 1.807) is 29.5 Å². The number of nitrogens with zero attached hydrogens (tertiary/aromatic N) is 1. The number of hydrogen-bond acceptors (Lipinski definition) is 5. The number of anilines is 1. The normalized spacial score (nSPS) is 11.5. The average Bonchev–Trinajstić information content (AvgIpc) is 2.89. The molecule has 2 aromatic rings. The minimum atomic E-state index is -3.48. The molecule has 2 N–H and O–H groups in total. The van der Waals surface area contributed by atoms with Crippen LogP contribution < -0.4 is 10.0 Å². The maximum Gasteiger partial charge on any atom is 0.242 e. The fourth-order valence-corrected chi connectivity index (χ4v) is 3.86. The lowest BCUT2D eigenvalue weighted by Gasteiger charge is -2.12. The summed E-state index contributed by atoms with van der Waals surface area (Å²) < 4.78 is 27.1. The van der Waals surface area contributed by atoms with E-state index in [1.165, 1.54) is 0 Å². The molecular formula is C14H19N3O2S2. The molecule has 0 bridgehead atoms. The van der Waals surface area contributed by atoms with E-state index in [4.69, 9.17) is 0 Å². The molecule has 114 valence electrons. The van der Waals surface area contributed by atoms with Crippen LogP contribution in [0.1, 0.15) is 23.2 Å². The first kappa shape index (κ1) is 15.9. The lowest BCUT2D eigenvalue weighted by molar-refractivity contribution is 0.581. The van der Waals surface area contributed by atoms with E-state index in [1.807, 2.05) is 26.1 Å². The van der Waals surface area contributed by atoms with Gasteiger partial charge in [-0.3, -0.25) is 0 Å². The van der Waals surface area contributed by atoms with E-state index in [9.17, 15) is 8.42 Å². The molecule has 0 saturated carbocycles. The molecule has 0 aliphatic carbocycles. The van der Waals surface area contributed by atoms with Gasteiger partial charge in [-0.2, -0.15) is 0 Å². The molecule has 0 radical (unpaired) electrons. The van der Waals surface area contributed by atoms with E-state index >= 15 is 0 Å². The van der Waals surface area contributed by atoms with E-state index < -0.39 is 10.0 Å². The van der Waals surface area contributed by atoms with Crippen LogP contribution in [-0.2, 0) is 16.6 Å². The fourth-order valence-electron chi connectivity index (χ4n) is 1.82. The first-order chi connectivity index (χ1) is 10.0. The largest absolute Gasteiger partial charge is 0.377 e. The van der Waals surface area contributed by atoms with Crippen molar-refractivity contribution in [2.75, 3.05) is 11.9 Å². The van der Waals surface area contributed by atoms with Crippen molar-refractivity contribution in [1.29, 1.82) is 0 Å². The van der Waals surface area contributed by atoms with Crippen LogP contribution in [0.15, 0.2) is 35.4 Å². The number of nitrogens with one attached hydrogen (secondary N) is 2. The van der Waals surface area contributed by atoms with Crippen molar-refractivity contribution in [2.45, 2.75) is 31.7 Å². The van der Waals surface area contributed by atoms with Crippen LogP contribution in [0, 0.1) is 6.92 Å². The van der Waals surface area contributed by atoms with Crippen molar-refractivity contribution in [3.8, 4) is 0 Å². The summed E-state index contributed by atoms with van der Waals surface area (Å²) in [5.74, 6) is 0. The Morgan fingerprint density at radius 3 is 2.71 bits per heavy atom. The summed E-state index contributed by atoms with van der Waals surface area (Å²) in [6, 6.07) is 6.90. The molecule has 0 aliphatic rings. The maximum absolute atomic E-state index is 12.3. The van der Waals surface area contributed by atoms with Gasteiger partial charge in [0, 0.05) is 17.6 Å². The Morgan fingerprint density at radius 2 is 2.05 bits per heavy atom. The van der Waals surface area contributed by atoms with Gasteiger partial charge in [-0.05, 0) is 25.5 Å². The van der Waals surface area contributed by atoms with Gasteiger partial charge < -0.3 is 5.32 Å². The van der Waals surface area contributed by atoms with Crippen LogP contribution in [0.4, 0.5) is 5.69 Å². The fraction of sp³-hybridized carbons (Fsp3) is 0.357. The number of sulfonamides is 1. The molecule has 1 aromatic carbocycles. The molecule has 1 aromatic heterocycles. The topological polar surface area (TPSA) is 71.1 Å². The van der Waals surface area contributed by atoms with Gasteiger partial charge in [0.25, 0.3) is 0 Å². The minimum absolute atomic E-state index is 0.270. The highest BCUT2D eigenvalue weighted by atomic mass is 32.2. The molecule has 0 aliphatic heterocycles. The van der Waals surface area contributed by atoms with E-state index in [2.05, 4.69) is 15.0 Å². The van der Waals surface area contributed by atoms with Crippen molar-refractivity contribution < 1.29 is 8.42 Å². The van der Waals surface area contributed by atoms with E-state index in [0.717, 1.165) is 16.3 Å². The van der Waals surface area contributed by atoms with Crippen LogP contribution in [0.2, 0.25) is 0 Å². The molecular weight excluding hydrogens is 306 g/mol. The average molecular weight is 325 g/mol. The van der Waals surface area contributed by atoms with E-state index in [-0.39, 0.29) is 4.90 Å². The van der Waals surface area contributed by atoms with Crippen molar-refractivity contribution in [2.24, 2.45) is 0 Å². The zero-order valence-corrected chi connectivity index (χ0v) is 13.7. The van der Waals surface area contributed by atoms with Gasteiger partial charge in [-0.1, -0.05) is 19.1 Å². The summed E-state index contributed by atoms with van der Waals surface area (Å²) in [6.45, 7) is 4.87. The molecule has 0 saturated heterocycles. The second-order valence-electron chi connectivity index (χ2n) is 4.61. The Kier molecular flexibility index (Phi) is 5.33. The Hall–Kier alpha value is -1.44. The summed E-state index contributed by atoms with van der Waals surface area (Å²) in [5, 5.41) is 4.09. The van der Waals surface area contributed by atoms with Gasteiger partial charge in [0.2, 0.25) is 10.0 Å². The number of aromatic nitrogens is 1. The standard InChI is InChI=1S/C14H19N3O2S2/c1-3-8-17-21(18,19)13-7-5-4-6-12(13)15-10-14-16-9-11(2)20-14/h4-7,9,15,17H,3,8,10H2,1-2H3. The van der Waals surface area contributed by atoms with Crippen molar-refractivity contribution in [3.63, 3.8) is 0 Å². The summed E-state index contributed by atoms with van der Waals surface area (Å²) in [7, 11) is -3.48. The second kappa shape index (κ2) is 7.02. The van der Waals surface area contributed by atoms with Crippen molar-refractivity contribution in [1.82, 2.24) is 9.71 Å². The van der Waals surface area contributed by atoms with Crippen LogP contribution in [0.5, 0.6) is 0 Å². The maximum atomic E-state index is 12.3. The molecule has 7 heteroatoms. The minimum Gasteiger partial charge on any atom is -0.377 e. The van der Waals surface area contributed by atoms with E-state index in [0.29, 0.717) is 18.8 Å². The predicted molar refractivity (Wildman–Crippen MR) is 86.1 cm³/mol. The third kappa shape index (κ3) is 4.26. The molecule has 0 atom stereocenters. The lowest BCUT2D eigenvalue weighted by atomic mass is 10.3. The summed E-state index contributed by atoms with van der Waals surface area (Å²) in [4.78, 5) is 5.67. The Labute approximate surface area is 129 Å². The van der Waals surface area contributed by atoms with Gasteiger partial charge in [-0.15, -0.1) is 11.3 Å². The van der Waals surface area contributed by atoms with Gasteiger partial charge in [0.1, 0.15) is 9.90 Å². The highest BCUT2D eigenvalue weighted by Crippen LogP contribution is 2.22. The van der Waals surface area contributed by atoms with Crippen LogP contribution >= 0.6 is 11.3 Å². The lowest BCUT2D eigenvalue weighted by Crippen LogP contribution is -2.25. The Morgan fingerprint density at radius 1 is 1.29 bits per heavy atom. The molecule has 2 rings (SSSR count). The molecule has 0 spiro atoms. The van der Waals surface area contributed by atoms with Gasteiger partial charge in [-0.25, -0.2) is 18.1 Å². The Balaban J connectivity index is 2.16. The number of benzene rings is 1. The summed E-state index contributed by atoms with van der Waals surface area (Å²) >= 11 is 1.60. The van der Waals surface area contributed by atoms with Gasteiger partial charge >= 0.3 is 0 Å². The highest BCUT2D eigenvalue weighted by molar-refractivity contribution is 7.89. The molecule has 0 amide bonds. The van der Waals surface area contributed by atoms with Gasteiger partial charge in [0.05, 0.1) is 12.2 Å². The van der Waals surface area contributed by atoms with Crippen LogP contribution in [0.25, 0.3) is 0 Å². The SMILES string of the molecule is CCCNS(=O)(=O)c1ccccc1NCc1ncc(C)s1. The molecule has 0 unspecified atom stereocenters. The highest BCUT2D eigenvalue weighted by Gasteiger charge is 2.17. The third-order valence-corrected chi connectivity index (χ3v) is 5.25. The molecule has 5 nitrogen and oxygen atoms in total. The third-order valence-electron chi connectivity index (χ3n) is 2.82. The Bertz CT molecular complexity index is 696. The van der Waals surface area contributed by atoms with Gasteiger partial charge in [0.15, 0.2) is 0 Å². The second-order valence-corrected chi connectivity index (χ2v) is 7.67. The quantitative estimate of drug-likeness (QED) is 0.821. The first-order valence-corrected chi connectivity index (χ1v) is 9.07. The smallest absolute Gasteiger partial charge is 0.242 e. The zero-order valence-electron chi connectivity index (χ0n) is 12.1.